The number of rotatable bonds is 5. The first-order valence-corrected chi connectivity index (χ1v) is 8.84. The molecule has 2 aromatic heterocycles. The number of aromatic nitrogens is 2. The standard InChI is InChI=1S/C20H15N3O2S/c24-19(23-25-15-9-5-2-6-10-15)18-13-16-17(21-22-20(16)26-18)12-11-14-7-3-1-4-8-14/h1-13H,(H,21,22)(H,23,24)/b12-11+. The van der Waals surface area contributed by atoms with Gasteiger partial charge in [0.15, 0.2) is 5.75 Å². The lowest BCUT2D eigenvalue weighted by Crippen LogP contribution is -2.26. The van der Waals surface area contributed by atoms with Crippen molar-refractivity contribution in [1.82, 2.24) is 15.7 Å². The number of hydrogen-bond acceptors (Lipinski definition) is 4. The zero-order valence-electron chi connectivity index (χ0n) is 13.7. The third-order valence-corrected chi connectivity index (χ3v) is 4.78. The van der Waals surface area contributed by atoms with E-state index in [9.17, 15) is 4.79 Å². The Hall–Kier alpha value is -3.38. The number of fused-ring (bicyclic) bond motifs is 1. The Morgan fingerprint density at radius 2 is 1.77 bits per heavy atom. The summed E-state index contributed by atoms with van der Waals surface area (Å²) in [6.07, 6.45) is 3.96. The SMILES string of the molecule is O=C(NOc1ccccc1)c1cc2c(/C=C/c3ccccc3)[nH]nc2s1. The van der Waals surface area contributed by atoms with Crippen molar-refractivity contribution >= 4 is 39.6 Å². The smallest absolute Gasteiger partial charge is 0.294 e. The molecule has 0 fully saturated rings. The predicted octanol–water partition coefficient (Wildman–Crippen LogP) is 4.52. The zero-order chi connectivity index (χ0) is 17.8. The van der Waals surface area contributed by atoms with E-state index in [0.717, 1.165) is 21.5 Å². The van der Waals surface area contributed by atoms with E-state index in [2.05, 4.69) is 15.7 Å². The number of amides is 1. The number of nitrogens with zero attached hydrogens (tertiary/aromatic N) is 1. The summed E-state index contributed by atoms with van der Waals surface area (Å²) in [5.74, 6) is 0.282. The van der Waals surface area contributed by atoms with Gasteiger partial charge in [0.25, 0.3) is 5.91 Å². The summed E-state index contributed by atoms with van der Waals surface area (Å²) in [4.78, 5) is 18.9. The van der Waals surface area contributed by atoms with E-state index >= 15 is 0 Å². The Labute approximate surface area is 153 Å². The topological polar surface area (TPSA) is 67.0 Å². The van der Waals surface area contributed by atoms with Gasteiger partial charge in [0, 0.05) is 5.39 Å². The first-order valence-electron chi connectivity index (χ1n) is 8.03. The van der Waals surface area contributed by atoms with Crippen LogP contribution in [0, 0.1) is 0 Å². The van der Waals surface area contributed by atoms with Crippen molar-refractivity contribution in [3.8, 4) is 5.75 Å². The van der Waals surface area contributed by atoms with Gasteiger partial charge in [-0.1, -0.05) is 54.6 Å². The Morgan fingerprint density at radius 1 is 1.04 bits per heavy atom. The molecule has 0 saturated carbocycles. The molecule has 0 saturated heterocycles. The number of nitrogens with one attached hydrogen (secondary N) is 2. The average Bonchev–Trinajstić information content (AvgIpc) is 3.27. The minimum absolute atomic E-state index is 0.296. The van der Waals surface area contributed by atoms with Crippen LogP contribution in [0.4, 0.5) is 0 Å². The van der Waals surface area contributed by atoms with E-state index in [0.29, 0.717) is 10.6 Å². The first-order chi connectivity index (χ1) is 12.8. The molecule has 1 amide bonds. The summed E-state index contributed by atoms with van der Waals surface area (Å²) in [6.45, 7) is 0. The fraction of sp³-hybridized carbons (Fsp3) is 0. The van der Waals surface area contributed by atoms with Gasteiger partial charge in [0.1, 0.15) is 4.83 Å². The van der Waals surface area contributed by atoms with Crippen molar-refractivity contribution in [3.63, 3.8) is 0 Å². The third-order valence-electron chi connectivity index (χ3n) is 3.75. The molecule has 2 N–H and O–H groups in total. The molecule has 128 valence electrons. The molecule has 0 spiro atoms. The van der Waals surface area contributed by atoms with Gasteiger partial charge in [-0.25, -0.2) is 0 Å². The van der Waals surface area contributed by atoms with E-state index in [1.165, 1.54) is 11.3 Å². The number of H-pyrrole nitrogens is 1. The minimum atomic E-state index is -0.296. The normalized spacial score (nSPS) is 11.1. The van der Waals surface area contributed by atoms with Crippen LogP contribution in [0.1, 0.15) is 20.9 Å². The van der Waals surface area contributed by atoms with Gasteiger partial charge < -0.3 is 4.84 Å². The van der Waals surface area contributed by atoms with Crippen molar-refractivity contribution in [3.05, 3.63) is 82.9 Å². The molecule has 0 bridgehead atoms. The van der Waals surface area contributed by atoms with Gasteiger partial charge in [-0.15, -0.1) is 11.3 Å². The number of para-hydroxylation sites is 1. The van der Waals surface area contributed by atoms with Crippen LogP contribution in [-0.2, 0) is 0 Å². The number of hydrogen-bond donors (Lipinski definition) is 2. The van der Waals surface area contributed by atoms with Crippen molar-refractivity contribution in [2.24, 2.45) is 0 Å². The highest BCUT2D eigenvalue weighted by Crippen LogP contribution is 2.27. The van der Waals surface area contributed by atoms with Gasteiger partial charge in [-0.2, -0.15) is 10.6 Å². The van der Waals surface area contributed by atoms with Crippen molar-refractivity contribution < 1.29 is 9.63 Å². The predicted molar refractivity (Wildman–Crippen MR) is 104 cm³/mol. The van der Waals surface area contributed by atoms with Crippen LogP contribution in [0.15, 0.2) is 66.7 Å². The molecule has 26 heavy (non-hydrogen) atoms. The van der Waals surface area contributed by atoms with Gasteiger partial charge in [0.05, 0.1) is 10.6 Å². The van der Waals surface area contributed by atoms with Gasteiger partial charge in [-0.05, 0) is 29.8 Å². The summed E-state index contributed by atoms with van der Waals surface area (Å²) in [7, 11) is 0. The van der Waals surface area contributed by atoms with Crippen molar-refractivity contribution in [2.45, 2.75) is 0 Å². The zero-order valence-corrected chi connectivity index (χ0v) is 14.5. The Morgan fingerprint density at radius 3 is 2.54 bits per heavy atom. The van der Waals surface area contributed by atoms with Crippen molar-refractivity contribution in [2.75, 3.05) is 0 Å². The van der Waals surface area contributed by atoms with Crippen LogP contribution in [-0.4, -0.2) is 16.1 Å². The maximum atomic E-state index is 12.3. The molecule has 4 rings (SSSR count). The largest absolute Gasteiger partial charge is 0.379 e. The Bertz CT molecular complexity index is 1050. The van der Waals surface area contributed by atoms with Gasteiger partial charge in [-0.3, -0.25) is 9.89 Å². The molecule has 5 nitrogen and oxygen atoms in total. The maximum Gasteiger partial charge on any atom is 0.294 e. The number of benzene rings is 2. The van der Waals surface area contributed by atoms with Crippen LogP contribution in [0.3, 0.4) is 0 Å². The molecule has 2 aromatic carbocycles. The first kappa shape index (κ1) is 16.1. The summed E-state index contributed by atoms with van der Waals surface area (Å²) >= 11 is 1.31. The summed E-state index contributed by atoms with van der Waals surface area (Å²) in [5, 5.41) is 8.18. The highest BCUT2D eigenvalue weighted by molar-refractivity contribution is 7.20. The molecule has 0 unspecified atom stereocenters. The lowest BCUT2D eigenvalue weighted by molar-refractivity contribution is 0.0764. The number of aromatic amines is 1. The second kappa shape index (κ2) is 7.25. The summed E-state index contributed by atoms with van der Waals surface area (Å²) < 4.78 is 0. The molecule has 6 heteroatoms. The molecule has 4 aromatic rings. The van der Waals surface area contributed by atoms with E-state index < -0.39 is 0 Å². The fourth-order valence-corrected chi connectivity index (χ4v) is 3.34. The lowest BCUT2D eigenvalue weighted by atomic mass is 10.2. The molecular weight excluding hydrogens is 346 g/mol. The summed E-state index contributed by atoms with van der Waals surface area (Å²) in [5.41, 5.74) is 4.42. The monoisotopic (exact) mass is 361 g/mol. The molecule has 0 radical (unpaired) electrons. The van der Waals surface area contributed by atoms with Gasteiger partial charge >= 0.3 is 0 Å². The number of thiophene rings is 1. The third kappa shape index (κ3) is 3.50. The number of carbonyl (C=O) groups is 1. The molecule has 2 heterocycles. The van der Waals surface area contributed by atoms with Crippen LogP contribution >= 0.6 is 11.3 Å². The Kier molecular flexibility index (Phi) is 4.49. The quantitative estimate of drug-likeness (QED) is 0.514. The van der Waals surface area contributed by atoms with Crippen LogP contribution in [0.25, 0.3) is 22.4 Å². The van der Waals surface area contributed by atoms with Crippen molar-refractivity contribution in [1.29, 1.82) is 0 Å². The summed E-state index contributed by atoms with van der Waals surface area (Å²) in [6, 6.07) is 20.9. The van der Waals surface area contributed by atoms with Crippen LogP contribution in [0.2, 0.25) is 0 Å². The second-order valence-electron chi connectivity index (χ2n) is 5.56. The molecule has 0 atom stereocenters. The van der Waals surface area contributed by atoms with Crippen LogP contribution in [0.5, 0.6) is 5.75 Å². The minimum Gasteiger partial charge on any atom is -0.379 e. The molecular formula is C20H15N3O2S. The molecule has 0 aliphatic rings. The molecule has 0 aliphatic carbocycles. The second-order valence-corrected chi connectivity index (χ2v) is 6.59. The van der Waals surface area contributed by atoms with E-state index in [1.54, 1.807) is 12.1 Å². The number of hydroxylamine groups is 1. The number of carbonyl (C=O) groups excluding carboxylic acids is 1. The average molecular weight is 361 g/mol. The van der Waals surface area contributed by atoms with E-state index in [1.807, 2.05) is 66.7 Å². The molecule has 0 aliphatic heterocycles. The highest BCUT2D eigenvalue weighted by Gasteiger charge is 2.14. The lowest BCUT2D eigenvalue weighted by Gasteiger charge is -2.04. The van der Waals surface area contributed by atoms with Gasteiger partial charge in [0.2, 0.25) is 0 Å². The highest BCUT2D eigenvalue weighted by atomic mass is 32.1. The van der Waals surface area contributed by atoms with E-state index in [-0.39, 0.29) is 5.91 Å². The van der Waals surface area contributed by atoms with Crippen LogP contribution < -0.4 is 10.3 Å². The fourth-order valence-electron chi connectivity index (χ4n) is 2.46. The maximum absolute atomic E-state index is 12.3. The van der Waals surface area contributed by atoms with E-state index in [4.69, 9.17) is 4.84 Å². The Balaban J connectivity index is 1.50.